The Morgan fingerprint density at radius 2 is 1.78 bits per heavy atom. The normalized spacial score (nSPS) is 13.0. The molecule has 0 radical (unpaired) electrons. The third kappa shape index (κ3) is 4.22. The topological polar surface area (TPSA) is 67.9 Å². The van der Waals surface area contributed by atoms with Gasteiger partial charge in [0.2, 0.25) is 5.91 Å². The van der Waals surface area contributed by atoms with E-state index in [0.717, 1.165) is 18.4 Å². The number of hydrogen-bond donors (Lipinski definition) is 1. The van der Waals surface area contributed by atoms with Crippen LogP contribution in [0.1, 0.15) is 28.8 Å². The van der Waals surface area contributed by atoms with Crippen LogP contribution in [0.5, 0.6) is 11.5 Å². The number of benzene rings is 2. The standard InChI is InChI=1S/C21H24N2O4/c1-23(21(25)15-9-10-15)17-7-5-4-6-16(17)20(24)22-13-14-8-11-18(26-2)19(12-14)27-3/h4-8,11-12,15H,9-10,13H2,1-3H3,(H,22,24). The number of nitrogens with one attached hydrogen (secondary N) is 1. The molecule has 0 saturated heterocycles. The third-order valence-corrected chi connectivity index (χ3v) is 4.67. The summed E-state index contributed by atoms with van der Waals surface area (Å²) in [6.07, 6.45) is 1.85. The zero-order valence-electron chi connectivity index (χ0n) is 15.8. The first-order valence-corrected chi connectivity index (χ1v) is 8.91. The van der Waals surface area contributed by atoms with Gasteiger partial charge in [0.05, 0.1) is 25.5 Å². The van der Waals surface area contributed by atoms with Crippen LogP contribution in [0.15, 0.2) is 42.5 Å². The molecule has 0 aromatic heterocycles. The smallest absolute Gasteiger partial charge is 0.253 e. The van der Waals surface area contributed by atoms with Gasteiger partial charge in [0.15, 0.2) is 11.5 Å². The summed E-state index contributed by atoms with van der Waals surface area (Å²) in [5, 5.41) is 2.91. The summed E-state index contributed by atoms with van der Waals surface area (Å²) < 4.78 is 10.5. The zero-order chi connectivity index (χ0) is 19.4. The van der Waals surface area contributed by atoms with Gasteiger partial charge in [-0.25, -0.2) is 0 Å². The van der Waals surface area contributed by atoms with E-state index >= 15 is 0 Å². The Morgan fingerprint density at radius 3 is 2.44 bits per heavy atom. The summed E-state index contributed by atoms with van der Waals surface area (Å²) in [4.78, 5) is 26.7. The summed E-state index contributed by atoms with van der Waals surface area (Å²) >= 11 is 0. The second-order valence-corrected chi connectivity index (χ2v) is 6.56. The van der Waals surface area contributed by atoms with E-state index in [9.17, 15) is 9.59 Å². The fourth-order valence-corrected chi connectivity index (χ4v) is 2.95. The molecule has 1 aliphatic carbocycles. The number of methoxy groups -OCH3 is 2. The number of para-hydroxylation sites is 1. The zero-order valence-corrected chi connectivity index (χ0v) is 15.8. The number of ether oxygens (including phenoxy) is 2. The maximum atomic E-state index is 12.7. The molecule has 2 amide bonds. The molecule has 1 saturated carbocycles. The fraction of sp³-hybridized carbons (Fsp3) is 0.333. The van der Waals surface area contributed by atoms with Crippen LogP contribution >= 0.6 is 0 Å². The molecule has 0 unspecified atom stereocenters. The van der Waals surface area contributed by atoms with Gasteiger partial charge in [0, 0.05) is 19.5 Å². The predicted octanol–water partition coefficient (Wildman–Crippen LogP) is 3.01. The number of carbonyl (C=O) groups is 2. The van der Waals surface area contributed by atoms with Crippen LogP contribution in [0.3, 0.4) is 0 Å². The Balaban J connectivity index is 1.72. The number of carbonyl (C=O) groups excluding carboxylic acids is 2. The van der Waals surface area contributed by atoms with Gasteiger partial charge in [-0.1, -0.05) is 18.2 Å². The maximum Gasteiger partial charge on any atom is 0.253 e. The average molecular weight is 368 g/mol. The molecule has 1 N–H and O–H groups in total. The second-order valence-electron chi connectivity index (χ2n) is 6.56. The number of anilines is 1. The lowest BCUT2D eigenvalue weighted by atomic mass is 10.1. The van der Waals surface area contributed by atoms with Gasteiger partial charge in [0.25, 0.3) is 5.91 Å². The van der Waals surface area contributed by atoms with E-state index in [1.807, 2.05) is 18.2 Å². The van der Waals surface area contributed by atoms with E-state index in [1.165, 1.54) is 0 Å². The Hall–Kier alpha value is -3.02. The lowest BCUT2D eigenvalue weighted by Gasteiger charge is -2.20. The molecule has 27 heavy (non-hydrogen) atoms. The van der Waals surface area contributed by atoms with E-state index in [2.05, 4.69) is 5.32 Å². The van der Waals surface area contributed by atoms with Gasteiger partial charge in [-0.15, -0.1) is 0 Å². The van der Waals surface area contributed by atoms with Gasteiger partial charge in [0.1, 0.15) is 0 Å². The van der Waals surface area contributed by atoms with E-state index in [4.69, 9.17) is 9.47 Å². The Kier molecular flexibility index (Phi) is 5.64. The van der Waals surface area contributed by atoms with Crippen molar-refractivity contribution in [3.8, 4) is 11.5 Å². The molecule has 0 bridgehead atoms. The van der Waals surface area contributed by atoms with Crippen LogP contribution in [0.4, 0.5) is 5.69 Å². The SMILES string of the molecule is COc1ccc(CNC(=O)c2ccccc2N(C)C(=O)C2CC2)cc1OC. The fourth-order valence-electron chi connectivity index (χ4n) is 2.95. The first-order valence-electron chi connectivity index (χ1n) is 8.91. The maximum absolute atomic E-state index is 12.7. The molecule has 2 aromatic rings. The van der Waals surface area contributed by atoms with Gasteiger partial charge >= 0.3 is 0 Å². The van der Waals surface area contributed by atoms with Crippen molar-refractivity contribution in [3.05, 3.63) is 53.6 Å². The second kappa shape index (κ2) is 8.12. The first-order chi connectivity index (χ1) is 13.0. The van der Waals surface area contributed by atoms with Crippen molar-refractivity contribution in [1.29, 1.82) is 0 Å². The highest BCUT2D eigenvalue weighted by molar-refractivity contribution is 6.05. The van der Waals surface area contributed by atoms with Crippen molar-refractivity contribution >= 4 is 17.5 Å². The van der Waals surface area contributed by atoms with Crippen molar-refractivity contribution in [2.24, 2.45) is 5.92 Å². The molecule has 142 valence electrons. The van der Waals surface area contributed by atoms with Crippen LogP contribution in [0.2, 0.25) is 0 Å². The van der Waals surface area contributed by atoms with Crippen molar-refractivity contribution in [2.75, 3.05) is 26.2 Å². The molecule has 0 heterocycles. The number of nitrogens with zero attached hydrogens (tertiary/aromatic N) is 1. The van der Waals surface area contributed by atoms with E-state index < -0.39 is 0 Å². The highest BCUT2D eigenvalue weighted by Crippen LogP contribution is 2.33. The third-order valence-electron chi connectivity index (χ3n) is 4.67. The predicted molar refractivity (Wildman–Crippen MR) is 103 cm³/mol. The summed E-state index contributed by atoms with van der Waals surface area (Å²) in [6.45, 7) is 0.341. The lowest BCUT2D eigenvalue weighted by molar-refractivity contribution is -0.119. The van der Waals surface area contributed by atoms with Crippen LogP contribution in [-0.2, 0) is 11.3 Å². The van der Waals surface area contributed by atoms with Crippen molar-refractivity contribution < 1.29 is 19.1 Å². The molecule has 0 aliphatic heterocycles. The summed E-state index contributed by atoms with van der Waals surface area (Å²) in [7, 11) is 4.87. The largest absolute Gasteiger partial charge is 0.493 e. The molecule has 2 aromatic carbocycles. The molecule has 1 aliphatic rings. The molecule has 0 spiro atoms. The molecule has 3 rings (SSSR count). The van der Waals surface area contributed by atoms with E-state index in [1.54, 1.807) is 50.4 Å². The minimum Gasteiger partial charge on any atom is -0.493 e. The monoisotopic (exact) mass is 368 g/mol. The molecule has 6 heteroatoms. The van der Waals surface area contributed by atoms with Crippen molar-refractivity contribution in [1.82, 2.24) is 5.32 Å². The first kappa shape index (κ1) is 18.8. The van der Waals surface area contributed by atoms with Gasteiger partial charge in [-0.05, 0) is 42.7 Å². The van der Waals surface area contributed by atoms with Crippen molar-refractivity contribution in [2.45, 2.75) is 19.4 Å². The van der Waals surface area contributed by atoms with E-state index in [0.29, 0.717) is 29.3 Å². The minimum atomic E-state index is -0.226. The summed E-state index contributed by atoms with van der Waals surface area (Å²) in [6, 6.07) is 12.7. The summed E-state index contributed by atoms with van der Waals surface area (Å²) in [5.74, 6) is 1.18. The molecular weight excluding hydrogens is 344 g/mol. The minimum absolute atomic E-state index is 0.0649. The highest BCUT2D eigenvalue weighted by Gasteiger charge is 2.33. The Bertz CT molecular complexity index is 846. The van der Waals surface area contributed by atoms with Crippen LogP contribution in [-0.4, -0.2) is 33.1 Å². The van der Waals surface area contributed by atoms with Gasteiger partial charge in [-0.3, -0.25) is 9.59 Å². The quantitative estimate of drug-likeness (QED) is 0.816. The summed E-state index contributed by atoms with van der Waals surface area (Å²) in [5.41, 5.74) is 1.99. The number of hydrogen-bond acceptors (Lipinski definition) is 4. The Morgan fingerprint density at radius 1 is 1.07 bits per heavy atom. The molecule has 0 atom stereocenters. The molecule has 6 nitrogen and oxygen atoms in total. The van der Waals surface area contributed by atoms with Gasteiger partial charge < -0.3 is 19.7 Å². The van der Waals surface area contributed by atoms with Crippen LogP contribution in [0.25, 0.3) is 0 Å². The number of amides is 2. The Labute approximate surface area is 159 Å². The highest BCUT2D eigenvalue weighted by atomic mass is 16.5. The van der Waals surface area contributed by atoms with Crippen LogP contribution in [0, 0.1) is 5.92 Å². The number of rotatable bonds is 7. The lowest BCUT2D eigenvalue weighted by Crippen LogP contribution is -2.31. The van der Waals surface area contributed by atoms with Crippen molar-refractivity contribution in [3.63, 3.8) is 0 Å². The van der Waals surface area contributed by atoms with Gasteiger partial charge in [-0.2, -0.15) is 0 Å². The average Bonchev–Trinajstić information content (AvgIpc) is 3.56. The molecular formula is C21H24N2O4. The van der Waals surface area contributed by atoms with Crippen LogP contribution < -0.4 is 19.7 Å². The van der Waals surface area contributed by atoms with E-state index in [-0.39, 0.29) is 17.7 Å². The molecule has 1 fully saturated rings.